The Morgan fingerprint density at radius 2 is 1.43 bits per heavy atom. The van der Waals surface area contributed by atoms with Gasteiger partial charge >= 0.3 is 0 Å². The largest absolute Gasteiger partial charge is 0.303 e. The third kappa shape index (κ3) is 2.81. The van der Waals surface area contributed by atoms with Crippen LogP contribution in [0.5, 0.6) is 0 Å². The highest BCUT2D eigenvalue weighted by molar-refractivity contribution is 6.12. The first kappa shape index (κ1) is 17.8. The zero-order chi connectivity index (χ0) is 19.7. The number of carbonyl (C=O) groups excluding carboxylic acids is 2. The molecule has 0 N–H and O–H groups in total. The van der Waals surface area contributed by atoms with Crippen LogP contribution >= 0.6 is 0 Å². The smallest absolute Gasteiger partial charge is 0.272 e. The normalized spacial score (nSPS) is 14.1. The van der Waals surface area contributed by atoms with Crippen LogP contribution in [0.1, 0.15) is 50.9 Å². The van der Waals surface area contributed by atoms with Crippen LogP contribution in [0.2, 0.25) is 0 Å². The third-order valence-electron chi connectivity index (χ3n) is 5.37. The highest BCUT2D eigenvalue weighted by Crippen LogP contribution is 2.47. The van der Waals surface area contributed by atoms with E-state index in [1.165, 1.54) is 6.07 Å². The van der Waals surface area contributed by atoms with E-state index in [2.05, 4.69) is 0 Å². The van der Waals surface area contributed by atoms with Crippen molar-refractivity contribution in [2.45, 2.75) is 18.3 Å². The lowest BCUT2D eigenvalue weighted by Crippen LogP contribution is -2.24. The van der Waals surface area contributed by atoms with Crippen molar-refractivity contribution in [3.63, 3.8) is 0 Å². The number of ketones is 1. The Morgan fingerprint density at radius 1 is 0.893 bits per heavy atom. The molecule has 0 saturated heterocycles. The van der Waals surface area contributed by atoms with Gasteiger partial charge in [-0.05, 0) is 11.1 Å². The molecule has 0 fully saturated rings. The highest BCUT2D eigenvalue weighted by Gasteiger charge is 2.38. The molecule has 1 aliphatic rings. The second-order valence-corrected chi connectivity index (χ2v) is 6.81. The molecule has 0 amide bonds. The van der Waals surface area contributed by atoms with E-state index in [1.807, 2.05) is 24.3 Å². The molecule has 3 aromatic rings. The van der Waals surface area contributed by atoms with Crippen molar-refractivity contribution >= 4 is 17.8 Å². The zero-order valence-electron chi connectivity index (χ0n) is 14.9. The van der Waals surface area contributed by atoms with Crippen molar-refractivity contribution in [1.82, 2.24) is 0 Å². The number of nitrogens with zero attached hydrogens (tertiary/aromatic N) is 1. The standard InChI is InChI=1S/C23H17NO4/c25-14-13-18(15-7-5-6-12-21(15)24(27)28)22-16-8-1-3-10-19(16)23(26)20-11-4-2-9-17(20)22/h1-12,14,18,22H,13H2/t18-/m0/s1. The number of nitro benzene ring substituents is 1. The molecule has 0 saturated carbocycles. The predicted molar refractivity (Wildman–Crippen MR) is 105 cm³/mol. The summed E-state index contributed by atoms with van der Waals surface area (Å²) in [5.41, 5.74) is 3.26. The van der Waals surface area contributed by atoms with Crippen LogP contribution in [-0.2, 0) is 4.79 Å². The van der Waals surface area contributed by atoms with Gasteiger partial charge in [-0.1, -0.05) is 66.7 Å². The number of rotatable bonds is 5. The molecule has 5 heteroatoms. The molecule has 0 aliphatic heterocycles. The minimum absolute atomic E-state index is 0.0128. The topological polar surface area (TPSA) is 77.3 Å². The van der Waals surface area contributed by atoms with Gasteiger partial charge in [-0.3, -0.25) is 14.9 Å². The maximum atomic E-state index is 13.0. The van der Waals surface area contributed by atoms with Gasteiger partial charge in [-0.25, -0.2) is 0 Å². The van der Waals surface area contributed by atoms with Crippen molar-refractivity contribution in [1.29, 1.82) is 0 Å². The van der Waals surface area contributed by atoms with Crippen molar-refractivity contribution in [2.75, 3.05) is 0 Å². The number of nitro groups is 1. The average Bonchev–Trinajstić information content (AvgIpc) is 2.73. The molecule has 0 unspecified atom stereocenters. The maximum absolute atomic E-state index is 13.0. The summed E-state index contributed by atoms with van der Waals surface area (Å²) < 4.78 is 0. The van der Waals surface area contributed by atoms with Gasteiger partial charge in [-0.15, -0.1) is 0 Å². The molecule has 0 heterocycles. The van der Waals surface area contributed by atoms with Gasteiger partial charge in [0.25, 0.3) is 5.69 Å². The minimum atomic E-state index is -0.450. The molecule has 28 heavy (non-hydrogen) atoms. The van der Waals surface area contributed by atoms with Gasteiger partial charge in [0.2, 0.25) is 0 Å². The number of benzene rings is 3. The second kappa shape index (κ2) is 7.19. The minimum Gasteiger partial charge on any atom is -0.303 e. The van der Waals surface area contributed by atoms with E-state index in [4.69, 9.17) is 0 Å². The molecule has 1 aliphatic carbocycles. The van der Waals surface area contributed by atoms with Crippen molar-refractivity contribution in [2.24, 2.45) is 0 Å². The summed E-state index contributed by atoms with van der Waals surface area (Å²) in [5.74, 6) is -0.833. The molecule has 3 aromatic carbocycles. The summed E-state index contributed by atoms with van der Waals surface area (Å²) in [4.78, 5) is 35.7. The molecule has 138 valence electrons. The molecule has 4 rings (SSSR count). The summed E-state index contributed by atoms with van der Waals surface area (Å²) in [6.45, 7) is 0. The van der Waals surface area contributed by atoms with Crippen LogP contribution in [0.3, 0.4) is 0 Å². The van der Waals surface area contributed by atoms with E-state index < -0.39 is 10.8 Å². The van der Waals surface area contributed by atoms with Gasteiger partial charge in [0.05, 0.1) is 4.92 Å². The van der Waals surface area contributed by atoms with Crippen LogP contribution < -0.4 is 0 Å². The first-order valence-electron chi connectivity index (χ1n) is 9.03. The third-order valence-corrected chi connectivity index (χ3v) is 5.37. The molecule has 1 atom stereocenters. The molecule has 0 spiro atoms. The van der Waals surface area contributed by atoms with Crippen LogP contribution in [0.4, 0.5) is 5.69 Å². The molecule has 0 bridgehead atoms. The van der Waals surface area contributed by atoms with Crippen LogP contribution in [0.15, 0.2) is 72.8 Å². The Hall–Kier alpha value is -3.60. The predicted octanol–water partition coefficient (Wildman–Crippen LogP) is 4.64. The molecular formula is C23H17NO4. The lowest BCUT2D eigenvalue weighted by molar-refractivity contribution is -0.385. The Labute approximate surface area is 161 Å². The van der Waals surface area contributed by atoms with E-state index in [0.29, 0.717) is 16.7 Å². The van der Waals surface area contributed by atoms with Crippen LogP contribution in [0, 0.1) is 10.1 Å². The van der Waals surface area contributed by atoms with Gasteiger partial charge in [-0.2, -0.15) is 0 Å². The summed E-state index contributed by atoms with van der Waals surface area (Å²) >= 11 is 0. The van der Waals surface area contributed by atoms with E-state index in [1.54, 1.807) is 42.5 Å². The van der Waals surface area contributed by atoms with E-state index in [9.17, 15) is 19.7 Å². The lowest BCUT2D eigenvalue weighted by atomic mass is 9.69. The number of aldehydes is 1. The van der Waals surface area contributed by atoms with Gasteiger partial charge in [0, 0.05) is 41.0 Å². The zero-order valence-corrected chi connectivity index (χ0v) is 14.9. The fourth-order valence-electron chi connectivity index (χ4n) is 4.21. The Bertz CT molecular complexity index is 1040. The van der Waals surface area contributed by atoms with Gasteiger partial charge in [0.1, 0.15) is 6.29 Å². The van der Waals surface area contributed by atoms with Crippen molar-refractivity contribution in [3.8, 4) is 0 Å². The fraction of sp³-hybridized carbons (Fsp3) is 0.130. The first-order chi connectivity index (χ1) is 13.6. The summed E-state index contributed by atoms with van der Waals surface area (Å²) in [5, 5.41) is 11.6. The average molecular weight is 371 g/mol. The lowest BCUT2D eigenvalue weighted by Gasteiger charge is -2.33. The van der Waals surface area contributed by atoms with E-state index >= 15 is 0 Å². The summed E-state index contributed by atoms with van der Waals surface area (Å²) in [7, 11) is 0. The number of carbonyl (C=O) groups is 2. The van der Waals surface area contributed by atoms with Crippen LogP contribution in [0.25, 0.3) is 0 Å². The molecule has 0 aromatic heterocycles. The first-order valence-corrected chi connectivity index (χ1v) is 9.03. The number of hydrogen-bond donors (Lipinski definition) is 0. The molecule has 0 radical (unpaired) electrons. The van der Waals surface area contributed by atoms with E-state index in [0.717, 1.165) is 17.4 Å². The Kier molecular flexibility index (Phi) is 4.57. The van der Waals surface area contributed by atoms with E-state index in [-0.39, 0.29) is 23.8 Å². The van der Waals surface area contributed by atoms with Crippen molar-refractivity contribution in [3.05, 3.63) is 111 Å². The molecule has 5 nitrogen and oxygen atoms in total. The van der Waals surface area contributed by atoms with Gasteiger partial charge in [0.15, 0.2) is 5.78 Å². The number of fused-ring (bicyclic) bond motifs is 2. The summed E-state index contributed by atoms with van der Waals surface area (Å²) in [6, 6.07) is 21.1. The van der Waals surface area contributed by atoms with Crippen molar-refractivity contribution < 1.29 is 14.5 Å². The Morgan fingerprint density at radius 3 is 2.00 bits per heavy atom. The van der Waals surface area contributed by atoms with Gasteiger partial charge < -0.3 is 4.79 Å². The molecular weight excluding hydrogens is 354 g/mol. The van der Waals surface area contributed by atoms with Crippen LogP contribution in [-0.4, -0.2) is 17.0 Å². The quantitative estimate of drug-likeness (QED) is 0.372. The SMILES string of the molecule is O=CC[C@@H](c1ccccc1[N+](=O)[O-])C1c2ccccc2C(=O)c2ccccc21. The second-order valence-electron chi connectivity index (χ2n) is 6.81. The number of para-hydroxylation sites is 1. The maximum Gasteiger partial charge on any atom is 0.272 e. The monoisotopic (exact) mass is 371 g/mol. The highest BCUT2D eigenvalue weighted by atomic mass is 16.6. The summed E-state index contributed by atoms with van der Waals surface area (Å²) in [6.07, 6.45) is 0.912. The number of hydrogen-bond acceptors (Lipinski definition) is 4. The fourth-order valence-corrected chi connectivity index (χ4v) is 4.21. The Balaban J connectivity index is 1.99.